The molecule has 2 aliphatic heterocycles. The van der Waals surface area contributed by atoms with Gasteiger partial charge in [-0.3, -0.25) is 14.3 Å². The summed E-state index contributed by atoms with van der Waals surface area (Å²) in [7, 11) is 0. The van der Waals surface area contributed by atoms with Gasteiger partial charge in [0.25, 0.3) is 0 Å². The molecule has 0 saturated carbocycles. The highest BCUT2D eigenvalue weighted by atomic mass is 32.2. The summed E-state index contributed by atoms with van der Waals surface area (Å²) in [6, 6.07) is 0. The molecule has 1 aromatic heterocycles. The van der Waals surface area contributed by atoms with Crippen LogP contribution in [0, 0.1) is 5.92 Å². The first-order valence-electron chi connectivity index (χ1n) is 7.59. The highest BCUT2D eigenvalue weighted by Crippen LogP contribution is 2.27. The average Bonchev–Trinajstić information content (AvgIpc) is 3.12. The Morgan fingerprint density at radius 1 is 1.33 bits per heavy atom. The first kappa shape index (κ1) is 17.1. The number of rotatable bonds is 3. The predicted octanol–water partition coefficient (Wildman–Crippen LogP) is 1.37. The second-order valence-electron chi connectivity index (χ2n) is 5.85. The van der Waals surface area contributed by atoms with Gasteiger partial charge in [-0.1, -0.05) is 0 Å². The monoisotopic (exact) mass is 362 g/mol. The summed E-state index contributed by atoms with van der Waals surface area (Å²) >= 11 is 1.79. The smallest absolute Gasteiger partial charge is 0.341 e. The number of carbonyl (C=O) groups excluding carboxylic acids is 2. The molecule has 2 amide bonds. The van der Waals surface area contributed by atoms with E-state index in [-0.39, 0.29) is 24.8 Å². The lowest BCUT2D eigenvalue weighted by Crippen LogP contribution is -2.42. The molecular formula is C14H17F3N4O2S. The molecule has 0 spiro atoms. The van der Waals surface area contributed by atoms with Gasteiger partial charge in [-0.25, -0.2) is 0 Å². The van der Waals surface area contributed by atoms with Crippen LogP contribution < -0.4 is 4.90 Å². The van der Waals surface area contributed by atoms with Crippen LogP contribution in [0.4, 0.5) is 18.9 Å². The van der Waals surface area contributed by atoms with Crippen molar-refractivity contribution in [3.8, 4) is 0 Å². The topological polar surface area (TPSA) is 58.4 Å². The van der Waals surface area contributed by atoms with E-state index >= 15 is 0 Å². The molecule has 0 aromatic carbocycles. The van der Waals surface area contributed by atoms with Crippen LogP contribution in [0.3, 0.4) is 0 Å². The van der Waals surface area contributed by atoms with Gasteiger partial charge in [0.15, 0.2) is 0 Å². The van der Waals surface area contributed by atoms with Crippen LogP contribution in [0.2, 0.25) is 0 Å². The number of hydrogen-bond donors (Lipinski definition) is 0. The Morgan fingerprint density at radius 2 is 2.04 bits per heavy atom. The van der Waals surface area contributed by atoms with Crippen molar-refractivity contribution in [1.82, 2.24) is 14.7 Å². The van der Waals surface area contributed by atoms with E-state index in [4.69, 9.17) is 0 Å². The zero-order valence-corrected chi connectivity index (χ0v) is 13.6. The van der Waals surface area contributed by atoms with Crippen molar-refractivity contribution in [2.75, 3.05) is 36.0 Å². The number of hydrogen-bond acceptors (Lipinski definition) is 4. The first-order chi connectivity index (χ1) is 11.3. The molecule has 0 radical (unpaired) electrons. The van der Waals surface area contributed by atoms with Gasteiger partial charge < -0.3 is 9.80 Å². The normalized spacial score (nSPS) is 22.3. The predicted molar refractivity (Wildman–Crippen MR) is 82.6 cm³/mol. The summed E-state index contributed by atoms with van der Waals surface area (Å²) in [5, 5.41) is 3.65. The number of amides is 2. The quantitative estimate of drug-likeness (QED) is 0.815. The van der Waals surface area contributed by atoms with E-state index in [0.29, 0.717) is 18.8 Å². The van der Waals surface area contributed by atoms with Crippen LogP contribution in [-0.4, -0.2) is 63.8 Å². The van der Waals surface area contributed by atoms with Crippen molar-refractivity contribution in [2.45, 2.75) is 19.1 Å². The molecule has 24 heavy (non-hydrogen) atoms. The zero-order chi connectivity index (χ0) is 17.3. The third-order valence-electron chi connectivity index (χ3n) is 4.07. The molecule has 3 heterocycles. The van der Waals surface area contributed by atoms with Crippen molar-refractivity contribution >= 4 is 29.3 Å². The van der Waals surface area contributed by atoms with Crippen molar-refractivity contribution < 1.29 is 22.8 Å². The van der Waals surface area contributed by atoms with Gasteiger partial charge >= 0.3 is 6.18 Å². The first-order valence-corrected chi connectivity index (χ1v) is 8.75. The zero-order valence-electron chi connectivity index (χ0n) is 12.8. The van der Waals surface area contributed by atoms with Gasteiger partial charge in [0, 0.05) is 43.8 Å². The number of nitrogens with zero attached hydrogens (tertiary/aromatic N) is 4. The fraction of sp³-hybridized carbons (Fsp3) is 0.643. The van der Waals surface area contributed by atoms with Gasteiger partial charge in [0.2, 0.25) is 11.8 Å². The van der Waals surface area contributed by atoms with Crippen LogP contribution in [-0.2, 0) is 16.1 Å². The fourth-order valence-corrected chi connectivity index (χ4v) is 3.83. The van der Waals surface area contributed by atoms with Gasteiger partial charge in [-0.15, -0.1) is 0 Å². The molecule has 132 valence electrons. The van der Waals surface area contributed by atoms with Crippen LogP contribution in [0.5, 0.6) is 0 Å². The summed E-state index contributed by atoms with van der Waals surface area (Å²) in [6.45, 7) is 0.345. The highest BCUT2D eigenvalue weighted by Gasteiger charge is 2.38. The minimum Gasteiger partial charge on any atom is -0.341 e. The lowest BCUT2D eigenvalue weighted by molar-refractivity contribution is -0.142. The van der Waals surface area contributed by atoms with Crippen LogP contribution >= 0.6 is 11.8 Å². The number of halogens is 3. The summed E-state index contributed by atoms with van der Waals surface area (Å²) in [4.78, 5) is 27.8. The van der Waals surface area contributed by atoms with Gasteiger partial charge in [0.05, 0.1) is 17.8 Å². The molecule has 0 unspecified atom stereocenters. The maximum Gasteiger partial charge on any atom is 0.408 e. The van der Waals surface area contributed by atoms with Crippen LogP contribution in [0.1, 0.15) is 6.42 Å². The molecule has 0 N–H and O–H groups in total. The van der Waals surface area contributed by atoms with Crippen LogP contribution in [0.15, 0.2) is 12.4 Å². The number of alkyl halides is 3. The third kappa shape index (κ3) is 3.85. The lowest BCUT2D eigenvalue weighted by atomic mass is 10.1. The Morgan fingerprint density at radius 3 is 2.71 bits per heavy atom. The molecule has 1 atom stereocenters. The number of thioether (sulfide) groups is 1. The van der Waals surface area contributed by atoms with Crippen molar-refractivity contribution in [2.24, 2.45) is 5.92 Å². The summed E-state index contributed by atoms with van der Waals surface area (Å²) < 4.78 is 37.9. The Kier molecular flexibility index (Phi) is 4.75. The SMILES string of the molecule is O=C([C@H]1CC(=O)N(c2cnn(CC(F)(F)F)c2)C1)N1CCSCC1. The third-order valence-corrected chi connectivity index (χ3v) is 5.01. The summed E-state index contributed by atoms with van der Waals surface area (Å²) in [5.74, 6) is 1.03. The lowest BCUT2D eigenvalue weighted by Gasteiger charge is -2.28. The standard InChI is InChI=1S/C14H17F3N4O2S/c15-14(16,17)9-20-8-11(6-18-20)21-7-10(5-12(21)22)13(23)19-1-3-24-4-2-19/h6,8,10H,1-5,7,9H2/t10-/m0/s1. The molecule has 1 aromatic rings. The van der Waals surface area contributed by atoms with Crippen LogP contribution in [0.25, 0.3) is 0 Å². The van der Waals surface area contributed by atoms with Crippen molar-refractivity contribution in [1.29, 1.82) is 0 Å². The summed E-state index contributed by atoms with van der Waals surface area (Å²) in [5.41, 5.74) is 0.300. The highest BCUT2D eigenvalue weighted by molar-refractivity contribution is 7.99. The minimum atomic E-state index is -4.37. The van der Waals surface area contributed by atoms with E-state index in [1.165, 1.54) is 17.3 Å². The van der Waals surface area contributed by atoms with E-state index in [9.17, 15) is 22.8 Å². The molecule has 0 aliphatic carbocycles. The Balaban J connectivity index is 1.65. The van der Waals surface area contributed by atoms with E-state index < -0.39 is 18.6 Å². The maximum absolute atomic E-state index is 12.5. The number of carbonyl (C=O) groups is 2. The molecule has 2 aliphatic rings. The second-order valence-corrected chi connectivity index (χ2v) is 7.08. The molecule has 3 rings (SSSR count). The average molecular weight is 362 g/mol. The molecular weight excluding hydrogens is 345 g/mol. The minimum absolute atomic E-state index is 0.0474. The number of aromatic nitrogens is 2. The summed E-state index contributed by atoms with van der Waals surface area (Å²) in [6.07, 6.45) is -1.86. The number of anilines is 1. The van der Waals surface area contributed by atoms with E-state index in [0.717, 1.165) is 16.2 Å². The van der Waals surface area contributed by atoms with Crippen molar-refractivity contribution in [3.63, 3.8) is 0 Å². The molecule has 0 bridgehead atoms. The van der Waals surface area contributed by atoms with E-state index in [2.05, 4.69) is 5.10 Å². The van der Waals surface area contributed by atoms with E-state index in [1.807, 2.05) is 0 Å². The van der Waals surface area contributed by atoms with Crippen molar-refractivity contribution in [3.05, 3.63) is 12.4 Å². The second kappa shape index (κ2) is 6.66. The fourth-order valence-electron chi connectivity index (χ4n) is 2.93. The van der Waals surface area contributed by atoms with Gasteiger partial charge in [0.1, 0.15) is 6.54 Å². The molecule has 10 heteroatoms. The molecule has 2 saturated heterocycles. The van der Waals surface area contributed by atoms with Gasteiger partial charge in [-0.2, -0.15) is 30.0 Å². The van der Waals surface area contributed by atoms with Gasteiger partial charge in [-0.05, 0) is 0 Å². The Labute approximate surface area is 141 Å². The molecule has 6 nitrogen and oxygen atoms in total. The maximum atomic E-state index is 12.5. The Hall–Kier alpha value is -1.71. The molecule has 2 fully saturated rings. The van der Waals surface area contributed by atoms with E-state index in [1.54, 1.807) is 16.7 Å². The largest absolute Gasteiger partial charge is 0.408 e. The Bertz CT molecular complexity index is 628.